The normalized spacial score (nSPS) is 10.8. The molecule has 0 radical (unpaired) electrons. The van der Waals surface area contributed by atoms with Crippen LogP contribution < -0.4 is 4.74 Å². The molecule has 0 saturated carbocycles. The van der Waals surface area contributed by atoms with E-state index >= 15 is 0 Å². The lowest BCUT2D eigenvalue weighted by molar-refractivity contribution is -0.0523. The molecule has 2 aromatic carbocycles. The molecule has 0 heterocycles. The van der Waals surface area contributed by atoms with E-state index in [4.69, 9.17) is 0 Å². The van der Waals surface area contributed by atoms with Gasteiger partial charge < -0.3 is 14.7 Å². The monoisotopic (exact) mass is 343 g/mol. The van der Waals surface area contributed by atoms with Crippen LogP contribution in [0.1, 0.15) is 15.9 Å². The number of ether oxygens (including phenoxy) is 1. The molecule has 4 nitrogen and oxygen atoms in total. The number of hydrogen-bond acceptors (Lipinski definition) is 3. The average Bonchev–Trinajstić information content (AvgIpc) is 2.52. The van der Waals surface area contributed by atoms with Crippen molar-refractivity contribution in [1.29, 1.82) is 0 Å². The second-order valence-electron chi connectivity index (χ2n) is 4.94. The van der Waals surface area contributed by atoms with Crippen LogP contribution in [0, 0.1) is 11.6 Å². The summed E-state index contributed by atoms with van der Waals surface area (Å²) in [4.78, 5) is 13.3. The molecule has 2 aromatic rings. The van der Waals surface area contributed by atoms with Crippen LogP contribution in [0.5, 0.6) is 11.5 Å². The highest BCUT2D eigenvalue weighted by molar-refractivity contribution is 5.95. The van der Waals surface area contributed by atoms with Crippen LogP contribution in [0.25, 0.3) is 0 Å². The van der Waals surface area contributed by atoms with Gasteiger partial charge in [-0.1, -0.05) is 12.1 Å². The van der Waals surface area contributed by atoms with Gasteiger partial charge in [0.1, 0.15) is 17.1 Å². The first-order chi connectivity index (χ1) is 11.3. The largest absolute Gasteiger partial charge is 0.508 e. The van der Waals surface area contributed by atoms with Gasteiger partial charge in [-0.3, -0.25) is 4.79 Å². The van der Waals surface area contributed by atoms with Gasteiger partial charge in [0.15, 0.2) is 11.6 Å². The Morgan fingerprint density at radius 2 is 1.79 bits per heavy atom. The second-order valence-corrected chi connectivity index (χ2v) is 4.94. The molecule has 0 aromatic heterocycles. The molecule has 128 valence electrons. The minimum absolute atomic E-state index is 0.00206. The van der Waals surface area contributed by atoms with E-state index in [1.54, 1.807) is 0 Å². The Morgan fingerprint density at radius 3 is 2.38 bits per heavy atom. The molecule has 0 fully saturated rings. The van der Waals surface area contributed by atoms with Crippen molar-refractivity contribution in [3.63, 3.8) is 0 Å². The summed E-state index contributed by atoms with van der Waals surface area (Å²) >= 11 is 0. The number of alkyl halides is 2. The summed E-state index contributed by atoms with van der Waals surface area (Å²) in [6, 6.07) is 7.22. The fourth-order valence-electron chi connectivity index (χ4n) is 2.05. The van der Waals surface area contributed by atoms with Crippen LogP contribution in [0.15, 0.2) is 36.4 Å². The van der Waals surface area contributed by atoms with Gasteiger partial charge in [-0.25, -0.2) is 8.78 Å². The first kappa shape index (κ1) is 17.6. The Kier molecular flexibility index (Phi) is 5.28. The molecule has 0 aliphatic rings. The SMILES string of the molecule is CN(Cc1ccc(O)cc1)C(=O)c1c(F)ccc(OC(F)F)c1F. The Balaban J connectivity index is 2.26. The van der Waals surface area contributed by atoms with Gasteiger partial charge in [0.25, 0.3) is 5.91 Å². The number of hydrogen-bond donors (Lipinski definition) is 1. The molecule has 24 heavy (non-hydrogen) atoms. The Hall–Kier alpha value is -2.77. The Bertz CT molecular complexity index is 735. The van der Waals surface area contributed by atoms with Gasteiger partial charge in [-0.05, 0) is 29.8 Å². The minimum Gasteiger partial charge on any atom is -0.508 e. The third-order valence-electron chi connectivity index (χ3n) is 3.19. The summed E-state index contributed by atoms with van der Waals surface area (Å²) in [6.45, 7) is -3.31. The summed E-state index contributed by atoms with van der Waals surface area (Å²) in [7, 11) is 1.30. The number of carbonyl (C=O) groups is 1. The first-order valence-corrected chi connectivity index (χ1v) is 6.75. The molecule has 1 amide bonds. The lowest BCUT2D eigenvalue weighted by Gasteiger charge is -2.19. The van der Waals surface area contributed by atoms with Crippen LogP contribution >= 0.6 is 0 Å². The van der Waals surface area contributed by atoms with Gasteiger partial charge in [-0.15, -0.1) is 0 Å². The van der Waals surface area contributed by atoms with Crippen molar-refractivity contribution < 1.29 is 32.2 Å². The number of amides is 1. The summed E-state index contributed by atoms with van der Waals surface area (Å²) in [5.74, 6) is -4.58. The van der Waals surface area contributed by atoms with Gasteiger partial charge >= 0.3 is 6.61 Å². The summed E-state index contributed by atoms with van der Waals surface area (Å²) in [5.41, 5.74) is -0.376. The van der Waals surface area contributed by atoms with Crippen molar-refractivity contribution in [3.05, 3.63) is 59.2 Å². The average molecular weight is 343 g/mol. The molecule has 0 saturated heterocycles. The van der Waals surface area contributed by atoms with Crippen LogP contribution in [-0.4, -0.2) is 29.6 Å². The number of aromatic hydroxyl groups is 1. The lowest BCUT2D eigenvalue weighted by atomic mass is 10.1. The van der Waals surface area contributed by atoms with Gasteiger partial charge in [-0.2, -0.15) is 8.78 Å². The van der Waals surface area contributed by atoms with E-state index in [-0.39, 0.29) is 12.3 Å². The predicted octanol–water partition coefficient (Wildman–Crippen LogP) is 3.54. The molecule has 0 bridgehead atoms. The molecular formula is C16H13F4NO3. The molecule has 0 atom stereocenters. The number of benzene rings is 2. The van der Waals surface area contributed by atoms with Crippen molar-refractivity contribution in [1.82, 2.24) is 4.90 Å². The van der Waals surface area contributed by atoms with Crippen molar-refractivity contribution in [2.24, 2.45) is 0 Å². The van der Waals surface area contributed by atoms with E-state index in [1.807, 2.05) is 0 Å². The molecule has 2 rings (SSSR count). The predicted molar refractivity (Wildman–Crippen MR) is 76.9 cm³/mol. The van der Waals surface area contributed by atoms with Crippen molar-refractivity contribution >= 4 is 5.91 Å². The maximum Gasteiger partial charge on any atom is 0.387 e. The van der Waals surface area contributed by atoms with Crippen LogP contribution in [0.2, 0.25) is 0 Å². The molecule has 0 aliphatic carbocycles. The maximum atomic E-state index is 14.1. The third-order valence-corrected chi connectivity index (χ3v) is 3.19. The zero-order chi connectivity index (χ0) is 17.9. The number of carbonyl (C=O) groups excluding carboxylic acids is 1. The van der Waals surface area contributed by atoms with E-state index < -0.39 is 35.5 Å². The number of nitrogens with zero attached hydrogens (tertiary/aromatic N) is 1. The quantitative estimate of drug-likeness (QED) is 0.845. The number of phenols is 1. The highest BCUT2D eigenvalue weighted by Crippen LogP contribution is 2.26. The zero-order valence-electron chi connectivity index (χ0n) is 12.5. The van der Waals surface area contributed by atoms with E-state index in [2.05, 4.69) is 4.74 Å². The smallest absolute Gasteiger partial charge is 0.387 e. The van der Waals surface area contributed by atoms with E-state index in [1.165, 1.54) is 31.3 Å². The van der Waals surface area contributed by atoms with Gasteiger partial charge in [0, 0.05) is 13.6 Å². The van der Waals surface area contributed by atoms with E-state index in [0.717, 1.165) is 4.90 Å². The Labute approximate surface area is 134 Å². The number of rotatable bonds is 5. The molecule has 1 N–H and O–H groups in total. The fourth-order valence-corrected chi connectivity index (χ4v) is 2.05. The minimum atomic E-state index is -3.30. The molecular weight excluding hydrogens is 330 g/mol. The molecule has 0 spiro atoms. The third kappa shape index (κ3) is 3.95. The van der Waals surface area contributed by atoms with Crippen LogP contribution in [0.4, 0.5) is 17.6 Å². The highest BCUT2D eigenvalue weighted by atomic mass is 19.3. The second kappa shape index (κ2) is 7.20. The standard InChI is InChI=1S/C16H13F4NO3/c1-21(8-9-2-4-10(22)5-3-9)15(23)13-11(17)6-7-12(14(13)18)24-16(19)20/h2-7,16,22H,8H2,1H3. The first-order valence-electron chi connectivity index (χ1n) is 6.75. The summed E-state index contributed by atoms with van der Waals surface area (Å²) in [6.07, 6.45) is 0. The van der Waals surface area contributed by atoms with E-state index in [9.17, 15) is 27.5 Å². The summed E-state index contributed by atoms with van der Waals surface area (Å²) < 4.78 is 56.3. The fraction of sp³-hybridized carbons (Fsp3) is 0.188. The zero-order valence-corrected chi connectivity index (χ0v) is 12.5. The Morgan fingerprint density at radius 1 is 1.17 bits per heavy atom. The van der Waals surface area contributed by atoms with Crippen LogP contribution in [0.3, 0.4) is 0 Å². The van der Waals surface area contributed by atoms with Gasteiger partial charge in [0.05, 0.1) is 0 Å². The van der Waals surface area contributed by atoms with Crippen LogP contribution in [-0.2, 0) is 6.54 Å². The van der Waals surface area contributed by atoms with E-state index in [0.29, 0.717) is 17.7 Å². The molecule has 0 unspecified atom stereocenters. The van der Waals surface area contributed by atoms with Crippen molar-refractivity contribution in [2.75, 3.05) is 7.05 Å². The summed E-state index contributed by atoms with van der Waals surface area (Å²) in [5, 5.41) is 9.20. The topological polar surface area (TPSA) is 49.8 Å². The molecule has 8 heteroatoms. The highest BCUT2D eigenvalue weighted by Gasteiger charge is 2.25. The lowest BCUT2D eigenvalue weighted by Crippen LogP contribution is -2.28. The number of phenolic OH excluding ortho intramolecular Hbond substituents is 1. The maximum absolute atomic E-state index is 14.1. The van der Waals surface area contributed by atoms with Crippen molar-refractivity contribution in [2.45, 2.75) is 13.2 Å². The van der Waals surface area contributed by atoms with Gasteiger partial charge in [0.2, 0.25) is 0 Å². The number of halogens is 4. The van der Waals surface area contributed by atoms with Crippen molar-refractivity contribution in [3.8, 4) is 11.5 Å². The molecule has 0 aliphatic heterocycles.